The summed E-state index contributed by atoms with van der Waals surface area (Å²) >= 11 is 0. The highest BCUT2D eigenvalue weighted by Crippen LogP contribution is 2.21. The summed E-state index contributed by atoms with van der Waals surface area (Å²) in [6.07, 6.45) is 7.30. The van der Waals surface area contributed by atoms with E-state index in [-0.39, 0.29) is 5.97 Å². The van der Waals surface area contributed by atoms with Crippen LogP contribution in [0.2, 0.25) is 0 Å². The van der Waals surface area contributed by atoms with Crippen molar-refractivity contribution < 1.29 is 9.53 Å². The van der Waals surface area contributed by atoms with Gasteiger partial charge in [-0.15, -0.1) is 0 Å². The van der Waals surface area contributed by atoms with Crippen LogP contribution in [0.25, 0.3) is 0 Å². The lowest BCUT2D eigenvalue weighted by atomic mass is 10.1. The van der Waals surface area contributed by atoms with Crippen molar-refractivity contribution in [3.63, 3.8) is 0 Å². The van der Waals surface area contributed by atoms with Gasteiger partial charge in [-0.05, 0) is 11.1 Å². The number of fused-ring (bicyclic) bond motifs is 1. The zero-order valence-electron chi connectivity index (χ0n) is 5.33. The number of hydrogen-bond donors (Lipinski definition) is 0. The molecule has 1 aliphatic heterocycles. The van der Waals surface area contributed by atoms with Crippen LogP contribution in [-0.4, -0.2) is 12.6 Å². The Bertz CT molecular complexity index is 269. The number of esters is 1. The van der Waals surface area contributed by atoms with E-state index in [2.05, 4.69) is 0 Å². The van der Waals surface area contributed by atoms with E-state index in [4.69, 9.17) is 4.74 Å². The van der Waals surface area contributed by atoms with Crippen molar-refractivity contribution in [3.8, 4) is 0 Å². The minimum absolute atomic E-state index is 0.237. The van der Waals surface area contributed by atoms with Crippen LogP contribution in [0, 0.1) is 0 Å². The summed E-state index contributed by atoms with van der Waals surface area (Å²) in [4.78, 5) is 10.6. The maximum Gasteiger partial charge on any atom is 0.331 e. The predicted octanol–water partition coefficient (Wildman–Crippen LogP) is 0.966. The Labute approximate surface area is 58.5 Å². The SMILES string of the molecule is O=C1C=C2C=CC=C2CO1. The standard InChI is InChI=1S/C8H6O2/c9-8-4-6-2-1-3-7(6)5-10-8/h1-4H,5H2. The van der Waals surface area contributed by atoms with Gasteiger partial charge < -0.3 is 4.74 Å². The molecule has 1 heterocycles. The van der Waals surface area contributed by atoms with Crippen LogP contribution in [-0.2, 0) is 9.53 Å². The van der Waals surface area contributed by atoms with Gasteiger partial charge >= 0.3 is 5.97 Å². The van der Waals surface area contributed by atoms with Crippen LogP contribution in [0.5, 0.6) is 0 Å². The molecule has 2 rings (SSSR count). The number of allylic oxidation sites excluding steroid dienone is 3. The second-order valence-corrected chi connectivity index (χ2v) is 2.26. The van der Waals surface area contributed by atoms with Crippen molar-refractivity contribution in [1.82, 2.24) is 0 Å². The molecule has 0 amide bonds. The van der Waals surface area contributed by atoms with Gasteiger partial charge in [-0.25, -0.2) is 4.79 Å². The van der Waals surface area contributed by atoms with Gasteiger partial charge in [0, 0.05) is 6.08 Å². The third-order valence-corrected chi connectivity index (χ3v) is 1.59. The number of hydrogen-bond acceptors (Lipinski definition) is 2. The fraction of sp³-hybridized carbons (Fsp3) is 0.125. The van der Waals surface area contributed by atoms with Crippen molar-refractivity contribution in [3.05, 3.63) is 35.5 Å². The molecule has 0 atom stereocenters. The Balaban J connectivity index is 2.43. The molecule has 0 N–H and O–H groups in total. The molecule has 0 aromatic carbocycles. The quantitative estimate of drug-likeness (QED) is 0.461. The van der Waals surface area contributed by atoms with Gasteiger partial charge in [-0.3, -0.25) is 0 Å². The zero-order valence-corrected chi connectivity index (χ0v) is 5.33. The summed E-state index contributed by atoms with van der Waals surface area (Å²) in [5, 5.41) is 0. The van der Waals surface area contributed by atoms with E-state index >= 15 is 0 Å². The first-order valence-corrected chi connectivity index (χ1v) is 3.12. The zero-order chi connectivity index (χ0) is 6.97. The third kappa shape index (κ3) is 0.692. The molecule has 10 heavy (non-hydrogen) atoms. The average molecular weight is 134 g/mol. The first-order chi connectivity index (χ1) is 4.86. The molecule has 0 spiro atoms. The predicted molar refractivity (Wildman–Crippen MR) is 36.3 cm³/mol. The average Bonchev–Trinajstić information content (AvgIpc) is 2.33. The number of rotatable bonds is 0. The van der Waals surface area contributed by atoms with Crippen molar-refractivity contribution in [2.45, 2.75) is 0 Å². The normalized spacial score (nSPS) is 21.4. The van der Waals surface area contributed by atoms with Crippen molar-refractivity contribution in [2.75, 3.05) is 6.61 Å². The molecule has 50 valence electrons. The largest absolute Gasteiger partial charge is 0.458 e. The molecule has 0 radical (unpaired) electrons. The molecular formula is C8H6O2. The fourth-order valence-electron chi connectivity index (χ4n) is 1.06. The highest BCUT2D eigenvalue weighted by atomic mass is 16.5. The first kappa shape index (κ1) is 5.47. The Kier molecular flexibility index (Phi) is 1.01. The van der Waals surface area contributed by atoms with Crippen LogP contribution in [0.15, 0.2) is 35.5 Å². The Morgan fingerprint density at radius 2 is 2.40 bits per heavy atom. The number of ether oxygens (including phenoxy) is 1. The summed E-state index contributed by atoms with van der Waals surface area (Å²) in [6.45, 7) is 0.428. The Morgan fingerprint density at radius 1 is 1.50 bits per heavy atom. The first-order valence-electron chi connectivity index (χ1n) is 3.12. The maximum atomic E-state index is 10.6. The van der Waals surface area contributed by atoms with Crippen LogP contribution < -0.4 is 0 Å². The van der Waals surface area contributed by atoms with Crippen LogP contribution in [0.1, 0.15) is 0 Å². The highest BCUT2D eigenvalue weighted by Gasteiger charge is 2.15. The molecule has 0 saturated heterocycles. The molecule has 2 aliphatic rings. The summed E-state index contributed by atoms with van der Waals surface area (Å²) in [5.41, 5.74) is 2.09. The second-order valence-electron chi connectivity index (χ2n) is 2.26. The fourth-order valence-corrected chi connectivity index (χ4v) is 1.06. The van der Waals surface area contributed by atoms with E-state index in [9.17, 15) is 4.79 Å². The smallest absolute Gasteiger partial charge is 0.331 e. The minimum atomic E-state index is -0.237. The van der Waals surface area contributed by atoms with E-state index in [1.165, 1.54) is 6.08 Å². The molecule has 0 aromatic heterocycles. The molecule has 0 unspecified atom stereocenters. The molecule has 0 saturated carbocycles. The number of cyclic esters (lactones) is 1. The van der Waals surface area contributed by atoms with Crippen molar-refractivity contribution >= 4 is 5.97 Å². The molecule has 1 aliphatic carbocycles. The summed E-state index contributed by atoms with van der Waals surface area (Å²) < 4.78 is 4.77. The molecular weight excluding hydrogens is 128 g/mol. The monoisotopic (exact) mass is 134 g/mol. The van der Waals surface area contributed by atoms with Gasteiger partial charge in [0.1, 0.15) is 6.61 Å². The van der Waals surface area contributed by atoms with Gasteiger partial charge in [-0.1, -0.05) is 18.2 Å². The molecule has 0 bridgehead atoms. The summed E-state index contributed by atoms with van der Waals surface area (Å²) in [7, 11) is 0. The Morgan fingerprint density at radius 3 is 3.30 bits per heavy atom. The summed E-state index contributed by atoms with van der Waals surface area (Å²) in [5.74, 6) is -0.237. The van der Waals surface area contributed by atoms with Crippen molar-refractivity contribution in [1.29, 1.82) is 0 Å². The number of carbonyl (C=O) groups excluding carboxylic acids is 1. The van der Waals surface area contributed by atoms with Gasteiger partial charge in [0.15, 0.2) is 0 Å². The molecule has 0 fully saturated rings. The molecule has 0 aromatic rings. The van der Waals surface area contributed by atoms with Gasteiger partial charge in [0.25, 0.3) is 0 Å². The topological polar surface area (TPSA) is 26.3 Å². The Hall–Kier alpha value is -1.31. The van der Waals surface area contributed by atoms with Gasteiger partial charge in [0.05, 0.1) is 0 Å². The minimum Gasteiger partial charge on any atom is -0.458 e. The maximum absolute atomic E-state index is 10.6. The van der Waals surface area contributed by atoms with E-state index in [0.29, 0.717) is 6.61 Å². The molecule has 2 nitrogen and oxygen atoms in total. The summed E-state index contributed by atoms with van der Waals surface area (Å²) in [6, 6.07) is 0. The third-order valence-electron chi connectivity index (χ3n) is 1.59. The lowest BCUT2D eigenvalue weighted by Crippen LogP contribution is -2.11. The van der Waals surface area contributed by atoms with Gasteiger partial charge in [0.2, 0.25) is 0 Å². The van der Waals surface area contributed by atoms with Crippen molar-refractivity contribution in [2.24, 2.45) is 0 Å². The van der Waals surface area contributed by atoms with E-state index in [1.54, 1.807) is 0 Å². The molecule has 2 heteroatoms. The lowest BCUT2D eigenvalue weighted by molar-refractivity contribution is -0.137. The highest BCUT2D eigenvalue weighted by molar-refractivity contribution is 5.87. The van der Waals surface area contributed by atoms with E-state index in [0.717, 1.165) is 11.1 Å². The van der Waals surface area contributed by atoms with E-state index < -0.39 is 0 Å². The van der Waals surface area contributed by atoms with Crippen LogP contribution in [0.3, 0.4) is 0 Å². The second kappa shape index (κ2) is 1.84. The number of carbonyl (C=O) groups is 1. The van der Waals surface area contributed by atoms with Crippen LogP contribution in [0.4, 0.5) is 0 Å². The lowest BCUT2D eigenvalue weighted by Gasteiger charge is -2.10. The van der Waals surface area contributed by atoms with E-state index in [1.807, 2.05) is 18.2 Å². The van der Waals surface area contributed by atoms with Crippen LogP contribution >= 0.6 is 0 Å². The van der Waals surface area contributed by atoms with Gasteiger partial charge in [-0.2, -0.15) is 0 Å².